The SMILES string of the molecule is C=CCC(C)(C)C(O)c1cccnc1. The lowest BCUT2D eigenvalue weighted by Gasteiger charge is -2.29. The molecule has 0 amide bonds. The van der Waals surface area contributed by atoms with Gasteiger partial charge in [-0.2, -0.15) is 0 Å². The van der Waals surface area contributed by atoms with Crippen molar-refractivity contribution in [2.24, 2.45) is 5.41 Å². The molecule has 14 heavy (non-hydrogen) atoms. The molecule has 0 saturated carbocycles. The van der Waals surface area contributed by atoms with Crippen molar-refractivity contribution in [3.05, 3.63) is 42.7 Å². The van der Waals surface area contributed by atoms with Gasteiger partial charge in [-0.05, 0) is 23.5 Å². The van der Waals surface area contributed by atoms with E-state index in [1.807, 2.05) is 32.1 Å². The Kier molecular flexibility index (Phi) is 3.42. The van der Waals surface area contributed by atoms with Crippen LogP contribution < -0.4 is 0 Å². The van der Waals surface area contributed by atoms with Crippen LogP contribution >= 0.6 is 0 Å². The van der Waals surface area contributed by atoms with E-state index < -0.39 is 6.10 Å². The lowest BCUT2D eigenvalue weighted by molar-refractivity contribution is 0.0511. The molecule has 1 aromatic rings. The molecule has 1 aromatic heterocycles. The van der Waals surface area contributed by atoms with E-state index in [4.69, 9.17) is 0 Å². The van der Waals surface area contributed by atoms with Crippen molar-refractivity contribution in [1.29, 1.82) is 0 Å². The Morgan fingerprint density at radius 2 is 2.36 bits per heavy atom. The monoisotopic (exact) mass is 191 g/mol. The average molecular weight is 191 g/mol. The summed E-state index contributed by atoms with van der Waals surface area (Å²) in [6, 6.07) is 3.73. The Morgan fingerprint density at radius 3 is 2.86 bits per heavy atom. The molecule has 0 spiro atoms. The van der Waals surface area contributed by atoms with Crippen LogP contribution in [-0.4, -0.2) is 10.1 Å². The Hall–Kier alpha value is -1.15. The minimum atomic E-state index is -0.491. The average Bonchev–Trinajstić information content (AvgIpc) is 2.18. The Labute approximate surface area is 85.3 Å². The number of aromatic nitrogens is 1. The molecule has 0 aliphatic rings. The molecule has 2 heteroatoms. The standard InChI is InChI=1S/C12H17NO/c1-4-7-12(2,3)11(14)10-6-5-8-13-9-10/h4-6,8-9,11,14H,1,7H2,2-3H3. The van der Waals surface area contributed by atoms with E-state index in [-0.39, 0.29) is 5.41 Å². The molecule has 1 unspecified atom stereocenters. The molecule has 0 aliphatic carbocycles. The van der Waals surface area contributed by atoms with E-state index in [1.165, 1.54) is 0 Å². The number of rotatable bonds is 4. The van der Waals surface area contributed by atoms with Crippen molar-refractivity contribution in [3.8, 4) is 0 Å². The minimum Gasteiger partial charge on any atom is -0.388 e. The first-order valence-electron chi connectivity index (χ1n) is 4.77. The molecule has 0 bridgehead atoms. The Balaban J connectivity index is 2.84. The molecule has 1 rings (SSSR count). The second-order valence-corrected chi connectivity index (χ2v) is 4.17. The van der Waals surface area contributed by atoms with Gasteiger partial charge in [0, 0.05) is 12.4 Å². The number of hydrogen-bond donors (Lipinski definition) is 1. The van der Waals surface area contributed by atoms with Gasteiger partial charge >= 0.3 is 0 Å². The molecule has 76 valence electrons. The summed E-state index contributed by atoms with van der Waals surface area (Å²) in [7, 11) is 0. The van der Waals surface area contributed by atoms with Gasteiger partial charge in [-0.1, -0.05) is 26.0 Å². The van der Waals surface area contributed by atoms with Gasteiger partial charge in [0.2, 0.25) is 0 Å². The van der Waals surface area contributed by atoms with E-state index in [0.717, 1.165) is 12.0 Å². The van der Waals surface area contributed by atoms with E-state index in [9.17, 15) is 5.11 Å². The summed E-state index contributed by atoms with van der Waals surface area (Å²) in [4.78, 5) is 3.99. The fraction of sp³-hybridized carbons (Fsp3) is 0.417. The van der Waals surface area contributed by atoms with Gasteiger partial charge < -0.3 is 5.11 Å². The number of pyridine rings is 1. The summed E-state index contributed by atoms with van der Waals surface area (Å²) in [6.45, 7) is 7.74. The van der Waals surface area contributed by atoms with Crippen LogP contribution in [0.2, 0.25) is 0 Å². The van der Waals surface area contributed by atoms with Gasteiger partial charge in [0.05, 0.1) is 6.10 Å². The third kappa shape index (κ3) is 2.42. The third-order valence-corrected chi connectivity index (χ3v) is 2.41. The molecule has 0 saturated heterocycles. The molecular weight excluding hydrogens is 174 g/mol. The molecule has 1 heterocycles. The van der Waals surface area contributed by atoms with Crippen LogP contribution in [0.25, 0.3) is 0 Å². The topological polar surface area (TPSA) is 33.1 Å². The van der Waals surface area contributed by atoms with Crippen molar-refractivity contribution >= 4 is 0 Å². The molecule has 0 aromatic carbocycles. The third-order valence-electron chi connectivity index (χ3n) is 2.41. The Morgan fingerprint density at radius 1 is 1.64 bits per heavy atom. The Bertz CT molecular complexity index is 292. The van der Waals surface area contributed by atoms with Gasteiger partial charge in [0.25, 0.3) is 0 Å². The number of hydrogen-bond acceptors (Lipinski definition) is 2. The fourth-order valence-electron chi connectivity index (χ4n) is 1.47. The first-order valence-corrected chi connectivity index (χ1v) is 4.77. The largest absolute Gasteiger partial charge is 0.388 e. The van der Waals surface area contributed by atoms with Crippen LogP contribution in [0.3, 0.4) is 0 Å². The maximum Gasteiger partial charge on any atom is 0.0858 e. The second kappa shape index (κ2) is 4.38. The maximum atomic E-state index is 10.1. The molecule has 0 radical (unpaired) electrons. The first kappa shape index (κ1) is 10.9. The highest BCUT2D eigenvalue weighted by Crippen LogP contribution is 2.35. The molecule has 0 fully saturated rings. The van der Waals surface area contributed by atoms with Crippen LogP contribution in [0.1, 0.15) is 31.9 Å². The van der Waals surface area contributed by atoms with Crippen molar-refractivity contribution < 1.29 is 5.11 Å². The van der Waals surface area contributed by atoms with Crippen LogP contribution in [0.4, 0.5) is 0 Å². The zero-order chi connectivity index (χ0) is 10.6. The fourth-order valence-corrected chi connectivity index (χ4v) is 1.47. The van der Waals surface area contributed by atoms with E-state index in [1.54, 1.807) is 12.4 Å². The van der Waals surface area contributed by atoms with E-state index in [0.29, 0.717) is 0 Å². The van der Waals surface area contributed by atoms with Crippen molar-refractivity contribution in [2.45, 2.75) is 26.4 Å². The second-order valence-electron chi connectivity index (χ2n) is 4.17. The predicted octanol–water partition coefficient (Wildman–Crippen LogP) is 2.72. The van der Waals surface area contributed by atoms with Gasteiger partial charge in [-0.25, -0.2) is 0 Å². The smallest absolute Gasteiger partial charge is 0.0858 e. The van der Waals surface area contributed by atoms with Gasteiger partial charge in [0.15, 0.2) is 0 Å². The van der Waals surface area contributed by atoms with Gasteiger partial charge in [-0.15, -0.1) is 6.58 Å². The number of aliphatic hydroxyl groups excluding tert-OH is 1. The zero-order valence-electron chi connectivity index (χ0n) is 8.77. The predicted molar refractivity (Wildman–Crippen MR) is 57.8 cm³/mol. The summed E-state index contributed by atoms with van der Waals surface area (Å²) in [6.07, 6.45) is 5.53. The highest BCUT2D eigenvalue weighted by molar-refractivity contribution is 5.14. The zero-order valence-corrected chi connectivity index (χ0v) is 8.77. The number of allylic oxidation sites excluding steroid dienone is 1. The normalized spacial score (nSPS) is 13.6. The molecule has 1 atom stereocenters. The molecule has 1 N–H and O–H groups in total. The lowest BCUT2D eigenvalue weighted by Crippen LogP contribution is -2.21. The van der Waals surface area contributed by atoms with Crippen LogP contribution in [0.15, 0.2) is 37.2 Å². The summed E-state index contributed by atoms with van der Waals surface area (Å²) in [5, 5.41) is 10.1. The summed E-state index contributed by atoms with van der Waals surface area (Å²) < 4.78 is 0. The van der Waals surface area contributed by atoms with Gasteiger partial charge in [0.1, 0.15) is 0 Å². The molecule has 2 nitrogen and oxygen atoms in total. The van der Waals surface area contributed by atoms with E-state index >= 15 is 0 Å². The molecular formula is C12H17NO. The first-order chi connectivity index (χ1) is 6.58. The van der Waals surface area contributed by atoms with Crippen LogP contribution in [0, 0.1) is 5.41 Å². The molecule has 0 aliphatic heterocycles. The minimum absolute atomic E-state index is 0.190. The summed E-state index contributed by atoms with van der Waals surface area (Å²) in [5.41, 5.74) is 0.671. The van der Waals surface area contributed by atoms with Crippen LogP contribution in [0.5, 0.6) is 0 Å². The number of aliphatic hydroxyl groups is 1. The summed E-state index contributed by atoms with van der Waals surface area (Å²) in [5.74, 6) is 0. The van der Waals surface area contributed by atoms with Crippen molar-refractivity contribution in [3.63, 3.8) is 0 Å². The highest BCUT2D eigenvalue weighted by atomic mass is 16.3. The van der Waals surface area contributed by atoms with Crippen LogP contribution in [-0.2, 0) is 0 Å². The van der Waals surface area contributed by atoms with E-state index in [2.05, 4.69) is 11.6 Å². The highest BCUT2D eigenvalue weighted by Gasteiger charge is 2.27. The van der Waals surface area contributed by atoms with Crippen molar-refractivity contribution in [1.82, 2.24) is 4.98 Å². The van der Waals surface area contributed by atoms with Gasteiger partial charge in [-0.3, -0.25) is 4.98 Å². The quantitative estimate of drug-likeness (QED) is 0.742. The maximum absolute atomic E-state index is 10.1. The summed E-state index contributed by atoms with van der Waals surface area (Å²) >= 11 is 0. The van der Waals surface area contributed by atoms with Crippen molar-refractivity contribution in [2.75, 3.05) is 0 Å². The lowest BCUT2D eigenvalue weighted by atomic mass is 9.80. The number of nitrogens with zero attached hydrogens (tertiary/aromatic N) is 1.